The lowest BCUT2D eigenvalue weighted by atomic mass is 9.65. The molecule has 128 valence electrons. The lowest BCUT2D eigenvalue weighted by Gasteiger charge is -2.39. The van der Waals surface area contributed by atoms with E-state index < -0.39 is 0 Å². The minimum absolute atomic E-state index is 0.262. The number of benzene rings is 1. The van der Waals surface area contributed by atoms with E-state index in [4.69, 9.17) is 0 Å². The number of carbonyl (C=O) groups is 1. The Balaban J connectivity index is 2.38. The molecule has 1 unspecified atom stereocenters. The zero-order chi connectivity index (χ0) is 16.9. The topological polar surface area (TPSA) is 20.3 Å². The maximum absolute atomic E-state index is 13.6. The van der Waals surface area contributed by atoms with Crippen molar-refractivity contribution < 1.29 is 4.79 Å². The Hall–Kier alpha value is -1.15. The summed E-state index contributed by atoms with van der Waals surface area (Å²) < 4.78 is 0. The summed E-state index contributed by atoms with van der Waals surface area (Å²) in [6.07, 6.45) is 7.71. The molecule has 1 aliphatic rings. The third-order valence-corrected chi connectivity index (χ3v) is 5.90. The molecule has 1 aromatic rings. The largest absolute Gasteiger partial charge is 0.307 e. The second-order valence-electron chi connectivity index (χ2n) is 7.52. The van der Waals surface area contributed by atoms with E-state index in [9.17, 15) is 4.79 Å². The van der Waals surface area contributed by atoms with Gasteiger partial charge in [0.15, 0.2) is 0 Å². The van der Waals surface area contributed by atoms with E-state index >= 15 is 0 Å². The third-order valence-electron chi connectivity index (χ3n) is 5.90. The summed E-state index contributed by atoms with van der Waals surface area (Å²) in [5, 5.41) is 0. The molecule has 0 spiro atoms. The van der Waals surface area contributed by atoms with E-state index in [1.807, 2.05) is 6.07 Å². The van der Waals surface area contributed by atoms with E-state index in [0.29, 0.717) is 11.8 Å². The first-order valence-electron chi connectivity index (χ1n) is 9.27. The molecule has 1 aliphatic carbocycles. The van der Waals surface area contributed by atoms with Crippen molar-refractivity contribution in [3.05, 3.63) is 35.9 Å². The van der Waals surface area contributed by atoms with Gasteiger partial charge in [0.05, 0.1) is 5.41 Å². The molecule has 1 aromatic carbocycles. The maximum atomic E-state index is 13.6. The Morgan fingerprint density at radius 3 is 2.30 bits per heavy atom. The first-order chi connectivity index (χ1) is 11.0. The van der Waals surface area contributed by atoms with Gasteiger partial charge in [-0.25, -0.2) is 0 Å². The smallest absolute Gasteiger partial charge is 0.146 e. The highest BCUT2D eigenvalue weighted by Crippen LogP contribution is 2.40. The molecule has 0 heterocycles. The summed E-state index contributed by atoms with van der Waals surface area (Å²) >= 11 is 0. The first kappa shape index (κ1) is 18.2. The molecule has 0 aliphatic heterocycles. The molecule has 0 amide bonds. The highest BCUT2D eigenvalue weighted by atomic mass is 16.1. The van der Waals surface area contributed by atoms with E-state index in [2.05, 4.69) is 57.1 Å². The second-order valence-corrected chi connectivity index (χ2v) is 7.52. The summed E-state index contributed by atoms with van der Waals surface area (Å²) in [6, 6.07) is 10.9. The molecule has 2 heteroatoms. The van der Waals surface area contributed by atoms with Crippen molar-refractivity contribution in [2.45, 2.75) is 70.3 Å². The van der Waals surface area contributed by atoms with E-state index in [1.54, 1.807) is 0 Å². The van der Waals surface area contributed by atoms with Crippen LogP contribution in [0.2, 0.25) is 0 Å². The van der Waals surface area contributed by atoms with Crippen LogP contribution in [0.4, 0.5) is 0 Å². The number of nitrogens with zero attached hydrogens (tertiary/aromatic N) is 1. The monoisotopic (exact) mass is 315 g/mol. The molecule has 2 rings (SSSR count). The Morgan fingerprint density at radius 1 is 1.17 bits per heavy atom. The van der Waals surface area contributed by atoms with Crippen LogP contribution in [0.3, 0.4) is 0 Å². The van der Waals surface area contributed by atoms with Crippen LogP contribution in [0, 0.1) is 5.92 Å². The van der Waals surface area contributed by atoms with Gasteiger partial charge in [-0.05, 0) is 52.3 Å². The van der Waals surface area contributed by atoms with Gasteiger partial charge in [-0.3, -0.25) is 4.79 Å². The van der Waals surface area contributed by atoms with Crippen molar-refractivity contribution >= 4 is 5.78 Å². The van der Waals surface area contributed by atoms with Gasteiger partial charge in [0.1, 0.15) is 5.78 Å². The Kier molecular flexibility index (Phi) is 6.41. The molecule has 0 saturated heterocycles. The molecule has 0 aromatic heterocycles. The zero-order valence-electron chi connectivity index (χ0n) is 15.3. The Morgan fingerprint density at radius 2 is 1.78 bits per heavy atom. The molecule has 1 fully saturated rings. The quantitative estimate of drug-likeness (QED) is 0.718. The molecule has 2 nitrogen and oxygen atoms in total. The third kappa shape index (κ3) is 4.03. The summed E-state index contributed by atoms with van der Waals surface area (Å²) in [6.45, 7) is 4.43. The van der Waals surface area contributed by atoms with Crippen LogP contribution in [0.15, 0.2) is 30.3 Å². The average Bonchev–Trinajstić information content (AvgIpc) is 2.60. The average molecular weight is 316 g/mol. The van der Waals surface area contributed by atoms with Crippen LogP contribution in [0.25, 0.3) is 0 Å². The van der Waals surface area contributed by atoms with E-state index in [-0.39, 0.29) is 11.3 Å². The van der Waals surface area contributed by atoms with Gasteiger partial charge in [-0.15, -0.1) is 0 Å². The molecule has 2 atom stereocenters. The molecule has 0 bridgehead atoms. The van der Waals surface area contributed by atoms with Crippen molar-refractivity contribution in [1.29, 1.82) is 0 Å². The fourth-order valence-corrected chi connectivity index (χ4v) is 4.08. The summed E-state index contributed by atoms with van der Waals surface area (Å²) in [5.41, 5.74) is 0.888. The zero-order valence-corrected chi connectivity index (χ0v) is 15.3. The van der Waals surface area contributed by atoms with Gasteiger partial charge in [-0.1, -0.05) is 56.5 Å². The van der Waals surface area contributed by atoms with Gasteiger partial charge in [-0.2, -0.15) is 0 Å². The lowest BCUT2D eigenvalue weighted by molar-refractivity contribution is -0.130. The summed E-state index contributed by atoms with van der Waals surface area (Å²) in [4.78, 5) is 15.8. The van der Waals surface area contributed by atoms with Gasteiger partial charge >= 0.3 is 0 Å². The molecule has 1 saturated carbocycles. The maximum Gasteiger partial charge on any atom is 0.146 e. The Labute approximate surface area is 142 Å². The molecular weight excluding hydrogens is 282 g/mol. The van der Waals surface area contributed by atoms with Crippen molar-refractivity contribution in [2.75, 3.05) is 14.1 Å². The number of ketones is 1. The highest BCUT2D eigenvalue weighted by Gasteiger charge is 2.43. The number of Topliss-reactive ketones (excluding diaryl/α,β-unsaturated/α-hetero) is 1. The number of rotatable bonds is 7. The standard InChI is InChI=1S/C21H33NO/c1-5-21(16-17(2)22(3)4,19-14-10-7-11-15-19)20(23)18-12-8-6-9-13-18/h7,10-11,14-15,17-18H,5-6,8-9,12-13,16H2,1-4H3/t17-,21?/m0/s1. The SMILES string of the molecule is CCC(C[C@H](C)N(C)C)(C(=O)C1CCCCC1)c1ccccc1. The summed E-state index contributed by atoms with van der Waals surface area (Å²) in [7, 11) is 4.22. The van der Waals surface area contributed by atoms with Gasteiger partial charge in [0.2, 0.25) is 0 Å². The minimum Gasteiger partial charge on any atom is -0.307 e. The Bertz CT molecular complexity index is 490. The van der Waals surface area contributed by atoms with Crippen LogP contribution in [-0.2, 0) is 10.2 Å². The number of hydrogen-bond acceptors (Lipinski definition) is 2. The fraction of sp³-hybridized carbons (Fsp3) is 0.667. The van der Waals surface area contributed by atoms with Crippen LogP contribution in [0.1, 0.15) is 64.4 Å². The molecule has 0 radical (unpaired) electrons. The predicted octanol–water partition coefficient (Wildman–Crippen LogP) is 4.82. The van der Waals surface area contributed by atoms with Gasteiger partial charge < -0.3 is 4.90 Å². The first-order valence-corrected chi connectivity index (χ1v) is 9.27. The lowest BCUT2D eigenvalue weighted by Crippen LogP contribution is -2.45. The highest BCUT2D eigenvalue weighted by molar-refractivity contribution is 5.92. The van der Waals surface area contributed by atoms with Crippen molar-refractivity contribution in [2.24, 2.45) is 5.92 Å². The molecular formula is C21H33NO. The van der Waals surface area contributed by atoms with Crippen LogP contribution < -0.4 is 0 Å². The van der Waals surface area contributed by atoms with Crippen molar-refractivity contribution in [3.63, 3.8) is 0 Å². The van der Waals surface area contributed by atoms with Crippen molar-refractivity contribution in [1.82, 2.24) is 4.90 Å². The predicted molar refractivity (Wildman–Crippen MR) is 97.8 cm³/mol. The fourth-order valence-electron chi connectivity index (χ4n) is 4.08. The molecule has 23 heavy (non-hydrogen) atoms. The molecule has 0 N–H and O–H groups in total. The van der Waals surface area contributed by atoms with E-state index in [1.165, 1.54) is 24.8 Å². The van der Waals surface area contributed by atoms with Gasteiger partial charge in [0, 0.05) is 12.0 Å². The van der Waals surface area contributed by atoms with Gasteiger partial charge in [0.25, 0.3) is 0 Å². The second kappa shape index (κ2) is 8.10. The minimum atomic E-state index is -0.326. The summed E-state index contributed by atoms with van der Waals surface area (Å²) in [5.74, 6) is 0.762. The van der Waals surface area contributed by atoms with Crippen LogP contribution in [0.5, 0.6) is 0 Å². The van der Waals surface area contributed by atoms with Crippen LogP contribution >= 0.6 is 0 Å². The van der Waals surface area contributed by atoms with Crippen molar-refractivity contribution in [3.8, 4) is 0 Å². The number of hydrogen-bond donors (Lipinski definition) is 0. The normalized spacial score (nSPS) is 20.2. The number of carbonyl (C=O) groups excluding carboxylic acids is 1. The van der Waals surface area contributed by atoms with Crippen LogP contribution in [-0.4, -0.2) is 30.8 Å². The van der Waals surface area contributed by atoms with E-state index in [0.717, 1.165) is 25.7 Å².